The van der Waals surface area contributed by atoms with E-state index in [1.165, 1.54) is 131 Å². The maximum absolute atomic E-state index is 13.6. The van der Waals surface area contributed by atoms with E-state index in [4.69, 9.17) is 49.5 Å². The van der Waals surface area contributed by atoms with Gasteiger partial charge in [-0.25, -0.2) is 4.39 Å². The molecule has 0 saturated carbocycles. The summed E-state index contributed by atoms with van der Waals surface area (Å²) in [6.07, 6.45) is 4.07. The van der Waals surface area contributed by atoms with E-state index in [9.17, 15) is 22.0 Å². The van der Waals surface area contributed by atoms with Gasteiger partial charge in [0, 0.05) is 142 Å². The Morgan fingerprint density at radius 3 is 1.00 bits per heavy atom. The van der Waals surface area contributed by atoms with Crippen LogP contribution >= 0.6 is 0 Å². The first-order chi connectivity index (χ1) is 63.9. The van der Waals surface area contributed by atoms with Gasteiger partial charge in [-0.15, -0.1) is 160 Å². The zero-order valence-corrected chi connectivity index (χ0v) is 87.0. The second kappa shape index (κ2) is 54.9. The van der Waals surface area contributed by atoms with Gasteiger partial charge >= 0.3 is 36.0 Å². The number of nitrogens with zero attached hydrogens (tertiary/aromatic N) is 5. The molecule has 0 fully saturated rings. The van der Waals surface area contributed by atoms with Crippen LogP contribution in [0.5, 0.6) is 0 Å². The van der Waals surface area contributed by atoms with Gasteiger partial charge in [-0.2, -0.15) is 13.2 Å². The zero-order valence-electron chi connectivity index (χ0n) is 75.0. The molecule has 0 aliphatic heterocycles. The molecule has 0 saturated heterocycles. The number of benzene rings is 14. The molecule has 5 aromatic heterocycles. The van der Waals surface area contributed by atoms with Gasteiger partial charge in [-0.3, -0.25) is 4.39 Å². The molecule has 25 heteroatoms. The first-order valence-electron chi connectivity index (χ1n) is 41.6. The molecule has 0 amide bonds. The first kappa shape index (κ1) is 113. The third kappa shape index (κ3) is 31.7. The molecule has 1 aliphatic rings. The van der Waals surface area contributed by atoms with Crippen LogP contribution in [-0.2, 0) is 112 Å². The smallest absolute Gasteiger partial charge is 0.339 e. The van der Waals surface area contributed by atoms with Gasteiger partial charge in [-0.1, -0.05) is 249 Å². The molecule has 20 rings (SSSR count). The van der Waals surface area contributed by atoms with E-state index in [2.05, 4.69) is 263 Å². The van der Waals surface area contributed by atoms with Crippen molar-refractivity contribution in [2.75, 3.05) is 0 Å². The van der Waals surface area contributed by atoms with Crippen molar-refractivity contribution in [3.63, 3.8) is 0 Å². The average Bonchev–Trinajstić information content (AvgIpc) is 1.58. The quantitative estimate of drug-likeness (QED) is 0.0545. The largest absolute Gasteiger partial charge is 0.477 e. The Labute approximate surface area is 863 Å². The first-order valence-corrected chi connectivity index (χ1v) is 41.6. The number of fused-ring (bicyclic) bond motifs is 8. The van der Waals surface area contributed by atoms with Crippen LogP contribution in [0.2, 0.25) is 0 Å². The molecule has 0 unspecified atom stereocenters. The van der Waals surface area contributed by atoms with Crippen LogP contribution in [0.1, 0.15) is 65.2 Å². The molecule has 5 heterocycles. The van der Waals surface area contributed by atoms with Crippen molar-refractivity contribution in [2.45, 2.75) is 60.1 Å². The van der Waals surface area contributed by atoms with Crippen molar-refractivity contribution in [1.29, 1.82) is 0 Å². The second-order valence-corrected chi connectivity index (χ2v) is 30.3. The van der Waals surface area contributed by atoms with Gasteiger partial charge in [0.25, 0.3) is 0 Å². The molecule has 19 aromatic rings. The summed E-state index contributed by atoms with van der Waals surface area (Å²) in [5.74, 6) is -3.64. The van der Waals surface area contributed by atoms with Gasteiger partial charge in [0.05, 0.1) is 40.8 Å². The molecule has 138 heavy (non-hydrogen) atoms. The summed E-state index contributed by atoms with van der Waals surface area (Å²) in [5.41, 5.74) is 20.5. The SMILES string of the molecule is CC(O)=[OH+].CC(O)=[OH+].CC(O)=[OH+].CC(O)=[OH+].CC(O)=[OH+].CC1(C)c2ccccc2-c2ccc(-c3cc[c-]c(-c4nccc5ccccc45)c3)cc21.FC(F)(F)c1c[c-]c(-c2nccc3ccccc23)cc1.Fc1c[c-]c(-c2ncc(F)c3ccccc23)cc1.[Ir].[Ir].[Ir].[Ir].[Ir].[c-]1cc(-c2ccccc2)ccc1-c1nccc2ccccc12.[c-]1ccc(-c2ccccc2)cc1-c1nccc2ccccc12. The maximum Gasteiger partial charge on any atom is 0.477 e. The predicted octanol–water partition coefficient (Wildman–Crippen LogP) is 27.4. The number of aromatic nitrogens is 5. The fraction of sp³-hybridized carbons (Fsp3) is 0.0796. The van der Waals surface area contributed by atoms with Crippen LogP contribution in [0.15, 0.2) is 371 Å². The summed E-state index contributed by atoms with van der Waals surface area (Å²) in [4.78, 5) is 59.8. The normalized spacial score (nSPS) is 10.5. The fourth-order valence-corrected chi connectivity index (χ4v) is 14.5. The van der Waals surface area contributed by atoms with Gasteiger partial charge in [0.2, 0.25) is 0 Å². The summed E-state index contributed by atoms with van der Waals surface area (Å²) in [6, 6.07) is 126. The number of rotatable bonds is 8. The zero-order chi connectivity index (χ0) is 95.1. The van der Waals surface area contributed by atoms with Crippen molar-refractivity contribution in [1.82, 2.24) is 24.9 Å². The Bertz CT molecular complexity index is 7150. The summed E-state index contributed by atoms with van der Waals surface area (Å²) in [5, 5.41) is 47.8. The molecule has 0 bridgehead atoms. The summed E-state index contributed by atoms with van der Waals surface area (Å²) in [7, 11) is 0. The fourth-order valence-electron chi connectivity index (χ4n) is 14.5. The van der Waals surface area contributed by atoms with E-state index in [1.807, 2.05) is 110 Å². The van der Waals surface area contributed by atoms with Crippen LogP contribution < -0.4 is 0 Å². The van der Waals surface area contributed by atoms with Gasteiger partial charge in [0.1, 0.15) is 5.82 Å². The number of hydrogen-bond acceptors (Lipinski definition) is 5. The van der Waals surface area contributed by atoms with E-state index >= 15 is 0 Å². The van der Waals surface area contributed by atoms with E-state index in [0.717, 1.165) is 72.8 Å². The Morgan fingerprint density at radius 2 is 0.609 bits per heavy atom. The second-order valence-electron chi connectivity index (χ2n) is 30.3. The topological polar surface area (TPSA) is 273 Å². The third-order valence-corrected chi connectivity index (χ3v) is 20.2. The molecule has 0 atom stereocenters. The Hall–Kier alpha value is -13.6. The van der Waals surface area contributed by atoms with Gasteiger partial charge in [-0.05, 0) is 140 Å². The van der Waals surface area contributed by atoms with Crippen molar-refractivity contribution < 1.29 is 172 Å². The van der Waals surface area contributed by atoms with Crippen LogP contribution in [0.3, 0.4) is 0 Å². The predicted molar refractivity (Wildman–Crippen MR) is 525 cm³/mol. The number of alkyl halides is 3. The standard InChI is InChI=1S/C30H22N.2C21H14N.C16H9F3N.C15H8F2N.5C2H4O2.5Ir/c1-30(2)27-13-6-5-12-25(27)26-15-14-22(19-28(26)30)21-9-7-10-23(18-21)29-24-11-4-3-8-20(24)16-17-31-29;1-2-7-16(8-3-1)18-10-6-11-19(15-18)21-20-12-5-4-9-17(20)13-14-22-21;1-2-6-16(7-3-1)17-10-12-19(13-11-17)21-20-9-5-4-8-18(20)14-15-22-21;17-16(18,19)13-7-5-12(6-8-13)15-14-4-2-1-3-11(14)9-10-20-15;16-11-7-5-10(6-8-11)15-13-4-2-1-3-12(13)14(17)9-18-15;5*1-2(3)4;;;;;/h3-9,11-19H,1-2H3;1-10,12-15H;1-12,14-15H;1-5,7-10H;1-5,7-9H;5*1H3,(H,3,4);;;;;/q5*-1;;;;;;;;;;/p+5. The third-order valence-electron chi connectivity index (χ3n) is 20.2. The number of carboxylic acids is 5. The van der Waals surface area contributed by atoms with Crippen LogP contribution in [0.4, 0.5) is 22.0 Å². The van der Waals surface area contributed by atoms with Crippen LogP contribution in [0.25, 0.3) is 155 Å². The van der Waals surface area contributed by atoms with Crippen LogP contribution in [0, 0.1) is 42.0 Å². The van der Waals surface area contributed by atoms with E-state index in [0.29, 0.717) is 33.3 Å². The monoisotopic (exact) mass is 2740 g/mol. The maximum atomic E-state index is 13.6. The summed E-state index contributed by atoms with van der Waals surface area (Å²) >= 11 is 0. The number of halogens is 5. The molecule has 0 spiro atoms. The number of carboxylic acid groups (broad SMARTS) is 5. The molecular formula is C113H92F5Ir5N5O10. The van der Waals surface area contributed by atoms with Crippen molar-refractivity contribution in [2.24, 2.45) is 0 Å². The number of hydrogen-bond donors (Lipinski definition) is 5. The summed E-state index contributed by atoms with van der Waals surface area (Å²) in [6.45, 7) is 10.6. The Morgan fingerprint density at radius 1 is 0.290 bits per heavy atom. The minimum atomic E-state index is -4.35. The minimum absolute atomic E-state index is 0. The van der Waals surface area contributed by atoms with E-state index in [1.54, 1.807) is 30.5 Å². The number of aliphatic hydroxyl groups excluding tert-OH is 5. The molecule has 1 aliphatic carbocycles. The van der Waals surface area contributed by atoms with Gasteiger partial charge < -0.3 is 74.4 Å². The number of aliphatic carboxylic acids is 5. The molecule has 709 valence electrons. The average molecular weight is 2740 g/mol. The Kier molecular flexibility index (Phi) is 45.0. The van der Waals surface area contributed by atoms with E-state index < -0.39 is 41.6 Å². The van der Waals surface area contributed by atoms with Crippen molar-refractivity contribution in [3.05, 3.63) is 429 Å². The van der Waals surface area contributed by atoms with Gasteiger partial charge in [0.15, 0.2) is 0 Å². The minimum Gasteiger partial charge on any atom is -0.339 e. The summed E-state index contributed by atoms with van der Waals surface area (Å²) < 4.78 is 64.1. The molecule has 14 aromatic carbocycles. The molecule has 15 nitrogen and oxygen atoms in total. The Balaban J connectivity index is 0.000000252. The molecule has 10 N–H and O–H groups in total. The molecular weight excluding hydrogens is 2640 g/mol. The van der Waals surface area contributed by atoms with E-state index in [-0.39, 0.29) is 118 Å². The van der Waals surface area contributed by atoms with Crippen molar-refractivity contribution in [3.8, 4) is 101 Å². The van der Waals surface area contributed by atoms with Crippen molar-refractivity contribution >= 4 is 83.7 Å². The van der Waals surface area contributed by atoms with Crippen LogP contribution in [-0.4, -0.2) is 104 Å². The molecule has 5 radical (unpaired) electrons. The number of pyridine rings is 5.